The van der Waals surface area contributed by atoms with Crippen LogP contribution in [0.3, 0.4) is 0 Å². The first-order valence-electron chi connectivity index (χ1n) is 7.09. The van der Waals surface area contributed by atoms with Gasteiger partial charge in [-0.15, -0.1) is 0 Å². The van der Waals surface area contributed by atoms with Gasteiger partial charge >= 0.3 is 0 Å². The molecule has 0 aromatic heterocycles. The minimum Gasteiger partial charge on any atom is -0.489 e. The first-order chi connectivity index (χ1) is 10.5. The van der Waals surface area contributed by atoms with E-state index in [1.54, 1.807) is 0 Å². The number of benzene rings is 2. The minimum atomic E-state index is -0.113. The van der Waals surface area contributed by atoms with Crippen molar-refractivity contribution in [1.29, 1.82) is 0 Å². The fraction of sp³-hybridized carbons (Fsp3) is 0.235. The van der Waals surface area contributed by atoms with Crippen LogP contribution in [-0.2, 0) is 4.79 Å². The lowest BCUT2D eigenvalue weighted by atomic mass is 10.3. The predicted molar refractivity (Wildman–Crippen MR) is 98.5 cm³/mol. The van der Waals surface area contributed by atoms with Crippen molar-refractivity contribution in [2.75, 3.05) is 17.2 Å². The van der Waals surface area contributed by atoms with E-state index in [0.717, 1.165) is 9.26 Å². The average molecular weight is 410 g/mol. The van der Waals surface area contributed by atoms with E-state index >= 15 is 0 Å². The molecule has 0 bridgehead atoms. The molecule has 1 amide bonds. The van der Waals surface area contributed by atoms with Gasteiger partial charge in [0.25, 0.3) is 0 Å². The SMILES string of the molecule is CC(C)Oc1ccccc1NC(=O)CNc1ccc(I)cc1. The molecule has 0 radical (unpaired) electrons. The largest absolute Gasteiger partial charge is 0.489 e. The summed E-state index contributed by atoms with van der Waals surface area (Å²) in [5.41, 5.74) is 1.60. The van der Waals surface area contributed by atoms with Gasteiger partial charge in [-0.3, -0.25) is 4.79 Å². The highest BCUT2D eigenvalue weighted by Crippen LogP contribution is 2.24. The first-order valence-corrected chi connectivity index (χ1v) is 8.17. The number of anilines is 2. The van der Waals surface area contributed by atoms with Crippen LogP contribution in [0.1, 0.15) is 13.8 Å². The Morgan fingerprint density at radius 3 is 2.50 bits per heavy atom. The van der Waals surface area contributed by atoms with E-state index in [-0.39, 0.29) is 18.6 Å². The molecule has 0 aliphatic rings. The molecule has 0 aliphatic heterocycles. The number of nitrogens with one attached hydrogen (secondary N) is 2. The van der Waals surface area contributed by atoms with Crippen molar-refractivity contribution in [3.63, 3.8) is 0 Å². The second-order valence-corrected chi connectivity index (χ2v) is 6.32. The monoisotopic (exact) mass is 410 g/mol. The fourth-order valence-corrected chi connectivity index (χ4v) is 2.23. The van der Waals surface area contributed by atoms with E-state index in [4.69, 9.17) is 4.74 Å². The van der Waals surface area contributed by atoms with Gasteiger partial charge < -0.3 is 15.4 Å². The van der Waals surface area contributed by atoms with Crippen LogP contribution in [0.5, 0.6) is 5.75 Å². The van der Waals surface area contributed by atoms with Crippen LogP contribution in [0.25, 0.3) is 0 Å². The smallest absolute Gasteiger partial charge is 0.243 e. The molecule has 4 nitrogen and oxygen atoms in total. The average Bonchev–Trinajstić information content (AvgIpc) is 2.48. The Morgan fingerprint density at radius 1 is 1.14 bits per heavy atom. The van der Waals surface area contributed by atoms with E-state index in [2.05, 4.69) is 33.2 Å². The molecular weight excluding hydrogens is 391 g/mol. The Balaban J connectivity index is 1.93. The van der Waals surface area contributed by atoms with Gasteiger partial charge in [-0.2, -0.15) is 0 Å². The third-order valence-corrected chi connectivity index (χ3v) is 3.54. The molecule has 0 unspecified atom stereocenters. The zero-order valence-electron chi connectivity index (χ0n) is 12.6. The lowest BCUT2D eigenvalue weighted by molar-refractivity contribution is -0.114. The second-order valence-electron chi connectivity index (χ2n) is 5.07. The molecule has 5 heteroatoms. The highest BCUT2D eigenvalue weighted by atomic mass is 127. The molecule has 2 aromatic carbocycles. The number of halogens is 1. The van der Waals surface area contributed by atoms with Gasteiger partial charge in [0.1, 0.15) is 5.75 Å². The summed E-state index contributed by atoms with van der Waals surface area (Å²) in [6.45, 7) is 4.12. The zero-order valence-corrected chi connectivity index (χ0v) is 14.8. The minimum absolute atomic E-state index is 0.0583. The maximum absolute atomic E-state index is 12.1. The summed E-state index contributed by atoms with van der Waals surface area (Å²) in [6.07, 6.45) is 0.0583. The van der Waals surface area contributed by atoms with Crippen molar-refractivity contribution < 1.29 is 9.53 Å². The normalized spacial score (nSPS) is 10.4. The van der Waals surface area contributed by atoms with Gasteiger partial charge in [0.15, 0.2) is 0 Å². The topological polar surface area (TPSA) is 50.4 Å². The number of para-hydroxylation sites is 2. The molecule has 0 fully saturated rings. The number of carbonyl (C=O) groups is 1. The van der Waals surface area contributed by atoms with Crippen LogP contribution in [0.15, 0.2) is 48.5 Å². The van der Waals surface area contributed by atoms with Gasteiger partial charge in [-0.25, -0.2) is 0 Å². The summed E-state index contributed by atoms with van der Waals surface area (Å²) >= 11 is 2.25. The molecule has 2 rings (SSSR count). The highest BCUT2D eigenvalue weighted by Gasteiger charge is 2.08. The van der Waals surface area contributed by atoms with Crippen LogP contribution in [0.4, 0.5) is 11.4 Å². The molecule has 2 N–H and O–H groups in total. The maximum Gasteiger partial charge on any atom is 0.243 e. The van der Waals surface area contributed by atoms with Crippen molar-refractivity contribution in [1.82, 2.24) is 0 Å². The number of amides is 1. The molecule has 0 heterocycles. The second kappa shape index (κ2) is 8.03. The third-order valence-electron chi connectivity index (χ3n) is 2.82. The molecule has 0 saturated heterocycles. The molecular formula is C17H19IN2O2. The van der Waals surface area contributed by atoms with Crippen LogP contribution in [0.2, 0.25) is 0 Å². The van der Waals surface area contributed by atoms with Gasteiger partial charge in [-0.1, -0.05) is 12.1 Å². The lowest BCUT2D eigenvalue weighted by Crippen LogP contribution is -2.22. The quantitative estimate of drug-likeness (QED) is 0.705. The van der Waals surface area contributed by atoms with E-state index in [1.165, 1.54) is 0 Å². The first kappa shape index (κ1) is 16.6. The molecule has 22 heavy (non-hydrogen) atoms. The Morgan fingerprint density at radius 2 is 1.82 bits per heavy atom. The number of hydrogen-bond donors (Lipinski definition) is 2. The summed E-state index contributed by atoms with van der Waals surface area (Å²) in [5, 5.41) is 5.97. The van der Waals surface area contributed by atoms with E-state index < -0.39 is 0 Å². The van der Waals surface area contributed by atoms with Crippen molar-refractivity contribution in [3.05, 3.63) is 52.1 Å². The van der Waals surface area contributed by atoms with Crippen LogP contribution < -0.4 is 15.4 Å². The Bertz CT molecular complexity index is 627. The van der Waals surface area contributed by atoms with Crippen molar-refractivity contribution in [2.24, 2.45) is 0 Å². The number of rotatable bonds is 6. The Labute approximate surface area is 144 Å². The maximum atomic E-state index is 12.1. The van der Waals surface area contributed by atoms with Crippen molar-refractivity contribution in [2.45, 2.75) is 20.0 Å². The molecule has 0 spiro atoms. The Hall–Kier alpha value is -1.76. The lowest BCUT2D eigenvalue weighted by Gasteiger charge is -2.15. The summed E-state index contributed by atoms with van der Waals surface area (Å²) in [7, 11) is 0. The van der Waals surface area contributed by atoms with Gasteiger partial charge in [0.05, 0.1) is 18.3 Å². The molecule has 116 valence electrons. The number of hydrogen-bond acceptors (Lipinski definition) is 3. The summed E-state index contributed by atoms with van der Waals surface area (Å²) in [6, 6.07) is 15.3. The number of carbonyl (C=O) groups excluding carboxylic acids is 1. The highest BCUT2D eigenvalue weighted by molar-refractivity contribution is 14.1. The van der Waals surface area contributed by atoms with Gasteiger partial charge in [-0.05, 0) is 72.8 Å². The van der Waals surface area contributed by atoms with E-state index in [1.807, 2.05) is 62.4 Å². The van der Waals surface area contributed by atoms with Crippen LogP contribution >= 0.6 is 22.6 Å². The fourth-order valence-electron chi connectivity index (χ4n) is 1.87. The molecule has 0 aliphatic carbocycles. The zero-order chi connectivity index (χ0) is 15.9. The Kier molecular flexibility index (Phi) is 6.06. The molecule has 0 saturated carbocycles. The summed E-state index contributed by atoms with van der Waals surface area (Å²) < 4.78 is 6.85. The predicted octanol–water partition coefficient (Wildman–Crippen LogP) is 4.13. The molecule has 2 aromatic rings. The van der Waals surface area contributed by atoms with E-state index in [9.17, 15) is 4.79 Å². The standard InChI is InChI=1S/C17H19IN2O2/c1-12(2)22-16-6-4-3-5-15(16)20-17(21)11-19-14-9-7-13(18)8-10-14/h3-10,12,19H,11H2,1-2H3,(H,20,21). The third kappa shape index (κ3) is 5.22. The number of ether oxygens (including phenoxy) is 1. The summed E-state index contributed by atoms with van der Waals surface area (Å²) in [4.78, 5) is 12.1. The molecule has 0 atom stereocenters. The van der Waals surface area contributed by atoms with Crippen molar-refractivity contribution >= 4 is 39.9 Å². The van der Waals surface area contributed by atoms with Crippen LogP contribution in [-0.4, -0.2) is 18.6 Å². The van der Waals surface area contributed by atoms with Gasteiger partial charge in [0, 0.05) is 9.26 Å². The van der Waals surface area contributed by atoms with Crippen LogP contribution in [0, 0.1) is 3.57 Å². The van der Waals surface area contributed by atoms with E-state index in [0.29, 0.717) is 11.4 Å². The summed E-state index contributed by atoms with van der Waals surface area (Å²) in [5.74, 6) is 0.568. The van der Waals surface area contributed by atoms with Gasteiger partial charge in [0.2, 0.25) is 5.91 Å². The van der Waals surface area contributed by atoms with Crippen molar-refractivity contribution in [3.8, 4) is 5.75 Å².